The van der Waals surface area contributed by atoms with Gasteiger partial charge in [0.05, 0.1) is 0 Å². The Morgan fingerprint density at radius 3 is 2.55 bits per heavy atom. The van der Waals surface area contributed by atoms with Crippen molar-refractivity contribution in [2.45, 2.75) is 32.9 Å². The molecule has 1 heterocycles. The standard InChI is InChI=1S/C15H27BrN4/c1-12(2)17-10-13-9-14(16)11-18-15(13)20(5)8-6-7-19(3)4/h9,11-12,17H,6-8,10H2,1-5H3. The summed E-state index contributed by atoms with van der Waals surface area (Å²) < 4.78 is 1.03. The third kappa shape index (κ3) is 6.20. The Morgan fingerprint density at radius 2 is 1.95 bits per heavy atom. The molecule has 0 radical (unpaired) electrons. The zero-order valence-electron chi connectivity index (χ0n) is 13.3. The molecule has 0 aromatic carbocycles. The number of hydrogen-bond donors (Lipinski definition) is 1. The van der Waals surface area contributed by atoms with Crippen LogP contribution in [0.1, 0.15) is 25.8 Å². The zero-order valence-corrected chi connectivity index (χ0v) is 14.9. The molecule has 0 bridgehead atoms. The maximum atomic E-state index is 4.58. The Kier molecular flexibility index (Phi) is 7.48. The van der Waals surface area contributed by atoms with E-state index in [4.69, 9.17) is 0 Å². The van der Waals surface area contributed by atoms with Crippen molar-refractivity contribution in [3.8, 4) is 0 Å². The van der Waals surface area contributed by atoms with Gasteiger partial charge >= 0.3 is 0 Å². The normalized spacial score (nSPS) is 11.4. The predicted molar refractivity (Wildman–Crippen MR) is 90.4 cm³/mol. The number of aromatic nitrogens is 1. The first-order valence-corrected chi connectivity index (χ1v) is 7.93. The second-order valence-electron chi connectivity index (χ2n) is 5.75. The van der Waals surface area contributed by atoms with E-state index in [-0.39, 0.29) is 0 Å². The molecule has 1 aromatic rings. The van der Waals surface area contributed by atoms with Crippen LogP contribution in [-0.2, 0) is 6.54 Å². The van der Waals surface area contributed by atoms with Gasteiger partial charge in [-0.2, -0.15) is 0 Å². The predicted octanol–water partition coefficient (Wildman–Crippen LogP) is 2.73. The second kappa shape index (κ2) is 8.60. The van der Waals surface area contributed by atoms with Crippen LogP contribution in [0, 0.1) is 0 Å². The van der Waals surface area contributed by atoms with Crippen molar-refractivity contribution in [2.75, 3.05) is 39.1 Å². The molecular weight excluding hydrogens is 316 g/mol. The molecule has 0 fully saturated rings. The van der Waals surface area contributed by atoms with Gasteiger partial charge in [0.25, 0.3) is 0 Å². The van der Waals surface area contributed by atoms with Gasteiger partial charge in [0.15, 0.2) is 0 Å². The van der Waals surface area contributed by atoms with Crippen molar-refractivity contribution < 1.29 is 0 Å². The highest BCUT2D eigenvalue weighted by molar-refractivity contribution is 9.10. The van der Waals surface area contributed by atoms with Crippen LogP contribution in [0.15, 0.2) is 16.7 Å². The van der Waals surface area contributed by atoms with Gasteiger partial charge in [-0.25, -0.2) is 4.98 Å². The first kappa shape index (κ1) is 17.4. The molecule has 5 heteroatoms. The van der Waals surface area contributed by atoms with E-state index in [1.807, 2.05) is 6.20 Å². The molecule has 1 aromatic heterocycles. The highest BCUT2D eigenvalue weighted by atomic mass is 79.9. The molecule has 0 aliphatic carbocycles. The molecule has 0 aliphatic rings. The maximum Gasteiger partial charge on any atom is 0.132 e. The third-order valence-electron chi connectivity index (χ3n) is 3.07. The summed E-state index contributed by atoms with van der Waals surface area (Å²) in [7, 11) is 6.33. The number of rotatable bonds is 8. The van der Waals surface area contributed by atoms with Crippen LogP contribution in [0.4, 0.5) is 5.82 Å². The fraction of sp³-hybridized carbons (Fsp3) is 0.667. The topological polar surface area (TPSA) is 31.4 Å². The highest BCUT2D eigenvalue weighted by Gasteiger charge is 2.10. The van der Waals surface area contributed by atoms with Gasteiger partial charge in [-0.05, 0) is 49.1 Å². The summed E-state index contributed by atoms with van der Waals surface area (Å²) in [4.78, 5) is 9.04. The minimum absolute atomic E-state index is 0.473. The molecule has 0 aliphatic heterocycles. The Morgan fingerprint density at radius 1 is 1.25 bits per heavy atom. The lowest BCUT2D eigenvalue weighted by molar-refractivity contribution is 0.401. The molecule has 0 unspecified atom stereocenters. The number of anilines is 1. The van der Waals surface area contributed by atoms with Crippen LogP contribution >= 0.6 is 15.9 Å². The fourth-order valence-corrected chi connectivity index (χ4v) is 2.37. The molecule has 4 nitrogen and oxygen atoms in total. The summed E-state index contributed by atoms with van der Waals surface area (Å²) in [5, 5.41) is 3.46. The zero-order chi connectivity index (χ0) is 15.1. The molecule has 0 atom stereocenters. The SMILES string of the molecule is CC(C)NCc1cc(Br)cnc1N(C)CCCN(C)C. The van der Waals surface area contributed by atoms with Crippen molar-refractivity contribution in [3.05, 3.63) is 22.3 Å². The van der Waals surface area contributed by atoms with Crippen LogP contribution in [0.5, 0.6) is 0 Å². The number of nitrogens with zero attached hydrogens (tertiary/aromatic N) is 3. The highest BCUT2D eigenvalue weighted by Crippen LogP contribution is 2.21. The summed E-state index contributed by atoms with van der Waals surface area (Å²) in [6.45, 7) is 7.27. The number of pyridine rings is 1. The molecule has 0 saturated heterocycles. The molecular formula is C15H27BrN4. The van der Waals surface area contributed by atoms with E-state index in [2.05, 4.69) is 77.1 Å². The van der Waals surface area contributed by atoms with Crippen LogP contribution < -0.4 is 10.2 Å². The minimum Gasteiger partial charge on any atom is -0.359 e. The van der Waals surface area contributed by atoms with Crippen molar-refractivity contribution in [2.24, 2.45) is 0 Å². The summed E-state index contributed by atoms with van der Waals surface area (Å²) in [5.41, 5.74) is 1.24. The van der Waals surface area contributed by atoms with Gasteiger partial charge in [-0.1, -0.05) is 13.8 Å². The Hall–Kier alpha value is -0.650. The van der Waals surface area contributed by atoms with Gasteiger partial charge < -0.3 is 15.1 Å². The van der Waals surface area contributed by atoms with E-state index >= 15 is 0 Å². The third-order valence-corrected chi connectivity index (χ3v) is 3.50. The lowest BCUT2D eigenvalue weighted by Gasteiger charge is -2.23. The summed E-state index contributed by atoms with van der Waals surface area (Å²) in [6, 6.07) is 2.63. The molecule has 20 heavy (non-hydrogen) atoms. The number of nitrogens with one attached hydrogen (secondary N) is 1. The van der Waals surface area contributed by atoms with E-state index in [9.17, 15) is 0 Å². The Balaban J connectivity index is 2.71. The first-order valence-electron chi connectivity index (χ1n) is 7.13. The smallest absolute Gasteiger partial charge is 0.132 e. The van der Waals surface area contributed by atoms with Crippen molar-refractivity contribution in [1.29, 1.82) is 0 Å². The fourth-order valence-electron chi connectivity index (χ4n) is 1.99. The van der Waals surface area contributed by atoms with Crippen LogP contribution in [-0.4, -0.2) is 50.2 Å². The van der Waals surface area contributed by atoms with E-state index < -0.39 is 0 Å². The van der Waals surface area contributed by atoms with Gasteiger partial charge in [-0.15, -0.1) is 0 Å². The molecule has 0 saturated carbocycles. The lowest BCUT2D eigenvalue weighted by Crippen LogP contribution is -2.27. The van der Waals surface area contributed by atoms with E-state index in [0.717, 1.165) is 36.3 Å². The maximum absolute atomic E-state index is 4.58. The summed E-state index contributed by atoms with van der Waals surface area (Å²) in [6.07, 6.45) is 3.01. The Bertz CT molecular complexity index is 407. The largest absolute Gasteiger partial charge is 0.359 e. The van der Waals surface area contributed by atoms with E-state index in [1.54, 1.807) is 0 Å². The average Bonchev–Trinajstić information content (AvgIpc) is 2.35. The number of hydrogen-bond acceptors (Lipinski definition) is 4. The molecule has 114 valence electrons. The van der Waals surface area contributed by atoms with E-state index in [0.29, 0.717) is 6.04 Å². The Labute approximate surface area is 131 Å². The van der Waals surface area contributed by atoms with Crippen molar-refractivity contribution >= 4 is 21.7 Å². The quantitative estimate of drug-likeness (QED) is 0.787. The lowest BCUT2D eigenvalue weighted by atomic mass is 10.2. The van der Waals surface area contributed by atoms with Crippen LogP contribution in [0.2, 0.25) is 0 Å². The second-order valence-corrected chi connectivity index (χ2v) is 6.67. The summed E-state index contributed by atoms with van der Waals surface area (Å²) >= 11 is 3.51. The van der Waals surface area contributed by atoms with Crippen molar-refractivity contribution in [3.63, 3.8) is 0 Å². The molecule has 0 amide bonds. The average molecular weight is 343 g/mol. The van der Waals surface area contributed by atoms with Crippen LogP contribution in [0.25, 0.3) is 0 Å². The monoisotopic (exact) mass is 342 g/mol. The molecule has 1 rings (SSSR count). The van der Waals surface area contributed by atoms with Gasteiger partial charge in [0, 0.05) is 42.4 Å². The van der Waals surface area contributed by atoms with E-state index in [1.165, 1.54) is 5.56 Å². The first-order chi connectivity index (χ1) is 9.40. The number of halogens is 1. The van der Waals surface area contributed by atoms with Gasteiger partial charge in [0.1, 0.15) is 5.82 Å². The van der Waals surface area contributed by atoms with Crippen LogP contribution in [0.3, 0.4) is 0 Å². The molecule has 0 spiro atoms. The minimum atomic E-state index is 0.473. The summed E-state index contributed by atoms with van der Waals surface area (Å²) in [5.74, 6) is 1.07. The molecule has 1 N–H and O–H groups in total. The van der Waals surface area contributed by atoms with Gasteiger partial charge in [0.2, 0.25) is 0 Å². The van der Waals surface area contributed by atoms with Crippen molar-refractivity contribution in [1.82, 2.24) is 15.2 Å². The van der Waals surface area contributed by atoms with Gasteiger partial charge in [-0.3, -0.25) is 0 Å².